The third kappa shape index (κ3) is 6.39. The van der Waals surface area contributed by atoms with Crippen LogP contribution in [0.1, 0.15) is 0 Å². The van der Waals surface area contributed by atoms with Crippen molar-refractivity contribution < 1.29 is 4.12 Å². The Labute approximate surface area is 50.4 Å². The van der Waals surface area contributed by atoms with Crippen LogP contribution in [0.3, 0.4) is 0 Å². The molecule has 1 nitrogen and oxygen atoms in total. The molecule has 0 aromatic carbocycles. The fraction of sp³-hybridized carbons (Fsp3) is 1.00. The molecule has 0 radical (unpaired) electrons. The van der Waals surface area contributed by atoms with Crippen molar-refractivity contribution in [3.63, 3.8) is 0 Å². The Kier molecular flexibility index (Phi) is 2.69. The zero-order chi connectivity index (χ0) is 6.78. The zero-order valence-corrected chi connectivity index (χ0v) is 7.64. The fourth-order valence-corrected chi connectivity index (χ4v) is 4.24. The molecule has 0 unspecified atom stereocenters. The first kappa shape index (κ1) is 5.53. The van der Waals surface area contributed by atoms with Crippen LogP contribution in [0.25, 0.3) is 0 Å². The summed E-state index contributed by atoms with van der Waals surface area (Å²) >= 11 is 0. The van der Waals surface area contributed by atoms with Gasteiger partial charge in [0.15, 0.2) is 18.0 Å². The van der Waals surface area contributed by atoms with Gasteiger partial charge < -0.3 is 4.12 Å². The molecule has 0 aromatic rings. The zero-order valence-electron chi connectivity index (χ0n) is 6.49. The quantitative estimate of drug-likeness (QED) is 0.513. The summed E-state index contributed by atoms with van der Waals surface area (Å²) in [4.78, 5) is 0. The number of hydrogen-bond acceptors (Lipinski definition) is 1. The molecule has 0 aliphatic carbocycles. The maximum absolute atomic E-state index is 7.41. The molecule has 0 heterocycles. The summed E-state index contributed by atoms with van der Waals surface area (Å²) in [6.45, 7) is 8.01. The molecule has 0 aliphatic rings. The molecule has 0 atom stereocenters. The van der Waals surface area contributed by atoms with E-state index < -0.39 is 18.0 Å². The second-order valence-corrected chi connectivity index (χ2v) is 6.93. The summed E-state index contributed by atoms with van der Waals surface area (Å²) in [6.07, 6.45) is 0. The molecule has 7 heavy (non-hydrogen) atoms. The van der Waals surface area contributed by atoms with Crippen LogP contribution in [0.4, 0.5) is 0 Å². The van der Waals surface area contributed by atoms with Gasteiger partial charge in [-0.15, -0.1) is 0 Å². The van der Waals surface area contributed by atoms with E-state index in [9.17, 15) is 0 Å². The molecule has 0 rings (SSSR count). The molecule has 0 spiro atoms. The second-order valence-electron chi connectivity index (χ2n) is 2.07. The molecular weight excluding hydrogens is 120 g/mol. The van der Waals surface area contributed by atoms with Gasteiger partial charge in [0.25, 0.3) is 0 Å². The Bertz CT molecular complexity index is 68.9. The van der Waals surface area contributed by atoms with Gasteiger partial charge in [-0.25, -0.2) is 0 Å². The molecule has 0 fully saturated rings. The van der Waals surface area contributed by atoms with Crippen molar-refractivity contribution in [3.05, 3.63) is 0 Å². The lowest BCUT2D eigenvalue weighted by atomic mass is 11.9. The van der Waals surface area contributed by atoms with Gasteiger partial charge in [0, 0.05) is 1.23 Å². The van der Waals surface area contributed by atoms with Crippen molar-refractivity contribution >= 4 is 18.0 Å². The molecular formula is C4H14OSi2. The average Bonchev–Trinajstić information content (AvgIpc) is 1.21. The van der Waals surface area contributed by atoms with Gasteiger partial charge in [0.1, 0.15) is 0 Å². The standard InChI is InChI=1S/C4H14OSi2/c1-6(2)5-7(3)4/h6-7H,1-4H3/i6D. The smallest absolute Gasteiger partial charge is 0.156 e. The van der Waals surface area contributed by atoms with E-state index in [1.807, 2.05) is 13.1 Å². The average molecular weight is 135 g/mol. The van der Waals surface area contributed by atoms with Gasteiger partial charge in [-0.1, -0.05) is 0 Å². The topological polar surface area (TPSA) is 9.23 Å². The van der Waals surface area contributed by atoms with Crippen molar-refractivity contribution in [2.24, 2.45) is 0 Å². The van der Waals surface area contributed by atoms with E-state index in [0.29, 0.717) is 0 Å². The first-order valence-corrected chi connectivity index (χ1v) is 7.78. The van der Waals surface area contributed by atoms with E-state index in [-0.39, 0.29) is 0 Å². The van der Waals surface area contributed by atoms with Crippen LogP contribution in [-0.4, -0.2) is 19.2 Å². The Hall–Kier alpha value is 0.394. The minimum Gasteiger partial charge on any atom is -0.461 e. The van der Waals surface area contributed by atoms with E-state index >= 15 is 0 Å². The van der Waals surface area contributed by atoms with E-state index in [1.54, 1.807) is 0 Å². The molecule has 0 aliphatic heterocycles. The molecule has 0 bridgehead atoms. The van der Waals surface area contributed by atoms with Crippen molar-refractivity contribution in [1.82, 2.24) is 0 Å². The Balaban J connectivity index is 3.39. The fourth-order valence-electron chi connectivity index (χ4n) is 0.471. The minimum absolute atomic E-state index is 0.921. The summed E-state index contributed by atoms with van der Waals surface area (Å²) < 4.78 is 12.8. The van der Waals surface area contributed by atoms with Crippen LogP contribution in [0, 0.1) is 0 Å². The van der Waals surface area contributed by atoms with Gasteiger partial charge in [0.2, 0.25) is 0 Å². The lowest BCUT2D eigenvalue weighted by molar-refractivity contribution is 0.608. The Morgan fingerprint density at radius 3 is 1.71 bits per heavy atom. The third-order valence-corrected chi connectivity index (χ3v) is 4.24. The highest BCUT2D eigenvalue weighted by atomic mass is 28.4. The summed E-state index contributed by atoms with van der Waals surface area (Å²) in [5, 5.41) is 0. The maximum Gasteiger partial charge on any atom is 0.156 e. The third-order valence-electron chi connectivity index (χ3n) is 0.471. The molecule has 44 valence electrons. The van der Waals surface area contributed by atoms with E-state index in [0.717, 1.165) is 0 Å². The molecule has 3 heteroatoms. The van der Waals surface area contributed by atoms with Gasteiger partial charge in [-0.2, -0.15) is 0 Å². The van der Waals surface area contributed by atoms with Crippen LogP contribution < -0.4 is 0 Å². The monoisotopic (exact) mass is 135 g/mol. The van der Waals surface area contributed by atoms with Gasteiger partial charge >= 0.3 is 0 Å². The van der Waals surface area contributed by atoms with Crippen LogP contribution in [0.5, 0.6) is 0 Å². The maximum atomic E-state index is 7.41. The van der Waals surface area contributed by atoms with E-state index in [2.05, 4.69) is 13.1 Å². The van der Waals surface area contributed by atoms with Crippen molar-refractivity contribution in [2.45, 2.75) is 26.2 Å². The SMILES string of the molecule is [2H][Si](C)(C)O[SiH](C)C. The highest BCUT2D eigenvalue weighted by molar-refractivity contribution is 6.63. The predicted molar refractivity (Wildman–Crippen MR) is 38.8 cm³/mol. The number of hydrogen-bond donors (Lipinski definition) is 0. The van der Waals surface area contributed by atoms with E-state index in [4.69, 9.17) is 5.35 Å². The van der Waals surface area contributed by atoms with Crippen LogP contribution in [-0.2, 0) is 4.12 Å². The largest absolute Gasteiger partial charge is 0.461 e. The summed E-state index contributed by atoms with van der Waals surface area (Å²) in [5.41, 5.74) is 0. The van der Waals surface area contributed by atoms with Crippen LogP contribution in [0.2, 0.25) is 26.2 Å². The first-order valence-electron chi connectivity index (χ1n) is 3.09. The Morgan fingerprint density at radius 1 is 1.29 bits per heavy atom. The first-order chi connectivity index (χ1) is 3.42. The lowest BCUT2D eigenvalue weighted by Gasteiger charge is -2.07. The number of rotatable bonds is 2. The highest BCUT2D eigenvalue weighted by Gasteiger charge is 1.97. The molecule has 0 amide bonds. The van der Waals surface area contributed by atoms with Crippen LogP contribution >= 0.6 is 0 Å². The highest BCUT2D eigenvalue weighted by Crippen LogP contribution is 1.87. The summed E-state index contributed by atoms with van der Waals surface area (Å²) in [6, 6.07) is 0. The summed E-state index contributed by atoms with van der Waals surface area (Å²) in [5.74, 6) is 0. The van der Waals surface area contributed by atoms with Gasteiger partial charge in [0.05, 0.1) is 0 Å². The molecule has 0 saturated carbocycles. The van der Waals surface area contributed by atoms with Crippen molar-refractivity contribution in [2.75, 3.05) is 0 Å². The van der Waals surface area contributed by atoms with Crippen molar-refractivity contribution in [1.29, 1.82) is 1.23 Å². The molecule has 0 aromatic heterocycles. The van der Waals surface area contributed by atoms with E-state index in [1.165, 1.54) is 0 Å². The Morgan fingerprint density at radius 2 is 1.71 bits per heavy atom. The molecule has 0 saturated heterocycles. The van der Waals surface area contributed by atoms with Crippen molar-refractivity contribution in [3.8, 4) is 0 Å². The lowest BCUT2D eigenvalue weighted by Crippen LogP contribution is -2.17. The minimum atomic E-state index is -1.91. The van der Waals surface area contributed by atoms with Crippen LogP contribution in [0.15, 0.2) is 0 Å². The predicted octanol–water partition coefficient (Wildman–Crippen LogP) is 0.970. The second kappa shape index (κ2) is 3.40. The summed E-state index contributed by atoms with van der Waals surface area (Å²) in [7, 11) is -2.83. The van der Waals surface area contributed by atoms with Gasteiger partial charge in [-0.05, 0) is 26.2 Å². The van der Waals surface area contributed by atoms with Gasteiger partial charge in [-0.3, -0.25) is 0 Å². The molecule has 0 N–H and O–H groups in total. The normalized spacial score (nSPS) is 14.7.